The van der Waals surface area contributed by atoms with Crippen molar-refractivity contribution in [3.05, 3.63) is 0 Å². The summed E-state index contributed by atoms with van der Waals surface area (Å²) in [6.45, 7) is 4.05. The van der Waals surface area contributed by atoms with Gasteiger partial charge in [-0.25, -0.2) is 0 Å². The number of nitrogens with one attached hydrogen (secondary N) is 2. The van der Waals surface area contributed by atoms with E-state index in [1.165, 1.54) is 12.8 Å². The molecule has 2 atom stereocenters. The number of amides is 1. The average molecular weight is 182 g/mol. The van der Waals surface area contributed by atoms with E-state index in [9.17, 15) is 4.79 Å². The van der Waals surface area contributed by atoms with Crippen LogP contribution in [0.5, 0.6) is 0 Å². The normalized spacial score (nSPS) is 37.8. The fourth-order valence-electron chi connectivity index (χ4n) is 2.52. The first-order chi connectivity index (χ1) is 6.08. The second kappa shape index (κ2) is 2.98. The minimum absolute atomic E-state index is 0.213. The van der Waals surface area contributed by atoms with E-state index in [4.69, 9.17) is 0 Å². The van der Waals surface area contributed by atoms with Gasteiger partial charge in [-0.1, -0.05) is 12.8 Å². The standard InChI is InChI=1S/C10H18N2O/c1-10(2)11-8-6-4-3-5-7(8)9(13)12-10/h7-8,11H,3-6H2,1-2H3,(H,12,13)/t7-,8+/m0/s1. The maximum absolute atomic E-state index is 11.7. The third-order valence-corrected chi connectivity index (χ3v) is 3.08. The molecule has 74 valence electrons. The number of carbonyl (C=O) groups excluding carboxylic acids is 1. The summed E-state index contributed by atoms with van der Waals surface area (Å²) in [5.41, 5.74) is -0.213. The van der Waals surface area contributed by atoms with Gasteiger partial charge in [0.05, 0.1) is 11.6 Å². The van der Waals surface area contributed by atoms with Crippen LogP contribution in [-0.2, 0) is 4.79 Å². The Hall–Kier alpha value is -0.570. The Labute approximate surface area is 79.3 Å². The first-order valence-corrected chi connectivity index (χ1v) is 5.18. The minimum Gasteiger partial charge on any atom is -0.338 e. The lowest BCUT2D eigenvalue weighted by Gasteiger charge is -2.44. The van der Waals surface area contributed by atoms with E-state index in [1.807, 2.05) is 13.8 Å². The van der Waals surface area contributed by atoms with Crippen LogP contribution < -0.4 is 10.6 Å². The lowest BCUT2D eigenvalue weighted by molar-refractivity contribution is -0.132. The summed E-state index contributed by atoms with van der Waals surface area (Å²) in [5.74, 6) is 0.468. The minimum atomic E-state index is -0.213. The van der Waals surface area contributed by atoms with Crippen LogP contribution in [-0.4, -0.2) is 17.6 Å². The van der Waals surface area contributed by atoms with Crippen LogP contribution in [0.1, 0.15) is 39.5 Å². The zero-order valence-electron chi connectivity index (χ0n) is 8.39. The molecule has 2 fully saturated rings. The highest BCUT2D eigenvalue weighted by atomic mass is 16.2. The van der Waals surface area contributed by atoms with E-state index in [2.05, 4.69) is 10.6 Å². The number of fused-ring (bicyclic) bond motifs is 1. The molecule has 3 nitrogen and oxygen atoms in total. The molecule has 2 rings (SSSR count). The molecule has 3 heteroatoms. The van der Waals surface area contributed by atoms with Crippen LogP contribution in [0.25, 0.3) is 0 Å². The molecule has 0 spiro atoms. The SMILES string of the molecule is CC1(C)NC(=O)[C@H]2CCCC[C@H]2N1. The van der Waals surface area contributed by atoms with Gasteiger partial charge in [0.15, 0.2) is 0 Å². The highest BCUT2D eigenvalue weighted by molar-refractivity contribution is 5.81. The Morgan fingerprint density at radius 1 is 1.31 bits per heavy atom. The second-order valence-electron chi connectivity index (χ2n) is 4.76. The van der Waals surface area contributed by atoms with Crippen molar-refractivity contribution in [1.82, 2.24) is 10.6 Å². The van der Waals surface area contributed by atoms with Crippen molar-refractivity contribution < 1.29 is 4.79 Å². The van der Waals surface area contributed by atoms with E-state index in [0.29, 0.717) is 6.04 Å². The third-order valence-electron chi connectivity index (χ3n) is 3.08. The van der Waals surface area contributed by atoms with Crippen LogP contribution in [0, 0.1) is 5.92 Å². The van der Waals surface area contributed by atoms with Gasteiger partial charge in [0.2, 0.25) is 5.91 Å². The highest BCUT2D eigenvalue weighted by Crippen LogP contribution is 2.28. The van der Waals surface area contributed by atoms with Gasteiger partial charge >= 0.3 is 0 Å². The van der Waals surface area contributed by atoms with Gasteiger partial charge in [0, 0.05) is 6.04 Å². The highest BCUT2D eigenvalue weighted by Gasteiger charge is 2.40. The van der Waals surface area contributed by atoms with Gasteiger partial charge in [-0.05, 0) is 26.7 Å². The molecule has 1 saturated heterocycles. The van der Waals surface area contributed by atoms with Gasteiger partial charge in [-0.2, -0.15) is 0 Å². The van der Waals surface area contributed by atoms with Gasteiger partial charge in [0.1, 0.15) is 0 Å². The molecule has 0 aromatic carbocycles. The van der Waals surface area contributed by atoms with Crippen LogP contribution >= 0.6 is 0 Å². The predicted molar refractivity (Wildman–Crippen MR) is 51.1 cm³/mol. The Bertz CT molecular complexity index is 225. The van der Waals surface area contributed by atoms with E-state index in [-0.39, 0.29) is 17.5 Å². The van der Waals surface area contributed by atoms with Crippen LogP contribution in [0.15, 0.2) is 0 Å². The van der Waals surface area contributed by atoms with E-state index in [1.54, 1.807) is 0 Å². The van der Waals surface area contributed by atoms with Crippen LogP contribution in [0.4, 0.5) is 0 Å². The molecule has 1 saturated carbocycles. The van der Waals surface area contributed by atoms with Gasteiger partial charge in [-0.15, -0.1) is 0 Å². The van der Waals surface area contributed by atoms with Crippen molar-refractivity contribution >= 4 is 5.91 Å². The summed E-state index contributed by atoms with van der Waals surface area (Å²) in [5, 5.41) is 6.50. The van der Waals surface area contributed by atoms with E-state index in [0.717, 1.165) is 12.8 Å². The summed E-state index contributed by atoms with van der Waals surface area (Å²) >= 11 is 0. The first-order valence-electron chi connectivity index (χ1n) is 5.18. The Balaban J connectivity index is 2.12. The third kappa shape index (κ3) is 1.70. The fraction of sp³-hybridized carbons (Fsp3) is 0.900. The van der Waals surface area contributed by atoms with Crippen molar-refractivity contribution in [3.63, 3.8) is 0 Å². The maximum atomic E-state index is 11.7. The van der Waals surface area contributed by atoms with Crippen LogP contribution in [0.3, 0.4) is 0 Å². The van der Waals surface area contributed by atoms with Crippen molar-refractivity contribution in [3.8, 4) is 0 Å². The summed E-state index contributed by atoms with van der Waals surface area (Å²) in [4.78, 5) is 11.7. The zero-order chi connectivity index (χ0) is 9.47. The molecule has 1 aliphatic heterocycles. The Kier molecular flexibility index (Phi) is 2.06. The molecule has 0 unspecified atom stereocenters. The van der Waals surface area contributed by atoms with E-state index < -0.39 is 0 Å². The lowest BCUT2D eigenvalue weighted by atomic mass is 9.81. The molecule has 2 aliphatic rings. The molecular weight excluding hydrogens is 164 g/mol. The summed E-state index contributed by atoms with van der Waals surface area (Å²) < 4.78 is 0. The molecule has 1 heterocycles. The predicted octanol–water partition coefficient (Wildman–Crippen LogP) is 1.00. The van der Waals surface area contributed by atoms with Crippen molar-refractivity contribution in [2.75, 3.05) is 0 Å². The summed E-state index contributed by atoms with van der Waals surface area (Å²) in [6, 6.07) is 0.414. The smallest absolute Gasteiger partial charge is 0.226 e. The molecule has 1 amide bonds. The summed E-state index contributed by atoms with van der Waals surface area (Å²) in [6.07, 6.45) is 4.68. The van der Waals surface area contributed by atoms with Gasteiger partial charge in [0.25, 0.3) is 0 Å². The van der Waals surface area contributed by atoms with Crippen molar-refractivity contribution in [2.24, 2.45) is 5.92 Å². The van der Waals surface area contributed by atoms with Crippen molar-refractivity contribution in [2.45, 2.75) is 51.2 Å². The molecule has 0 aromatic rings. The van der Waals surface area contributed by atoms with Crippen molar-refractivity contribution in [1.29, 1.82) is 0 Å². The van der Waals surface area contributed by atoms with Crippen LogP contribution in [0.2, 0.25) is 0 Å². The summed E-state index contributed by atoms with van der Waals surface area (Å²) in [7, 11) is 0. The second-order valence-corrected chi connectivity index (χ2v) is 4.76. The first kappa shape index (κ1) is 9.00. The number of hydrogen-bond donors (Lipinski definition) is 2. The maximum Gasteiger partial charge on any atom is 0.226 e. The molecule has 13 heavy (non-hydrogen) atoms. The Morgan fingerprint density at radius 2 is 2.00 bits per heavy atom. The molecule has 0 bridgehead atoms. The van der Waals surface area contributed by atoms with Gasteiger partial charge < -0.3 is 5.32 Å². The molecule has 0 aromatic heterocycles. The lowest BCUT2D eigenvalue weighted by Crippen LogP contribution is -2.67. The topological polar surface area (TPSA) is 41.1 Å². The molecule has 0 radical (unpaired) electrons. The number of rotatable bonds is 0. The molecule has 2 N–H and O–H groups in total. The quantitative estimate of drug-likeness (QED) is 0.587. The van der Waals surface area contributed by atoms with Gasteiger partial charge in [-0.3, -0.25) is 10.1 Å². The number of hydrogen-bond acceptors (Lipinski definition) is 2. The number of carbonyl (C=O) groups is 1. The molecule has 1 aliphatic carbocycles. The van der Waals surface area contributed by atoms with E-state index >= 15 is 0 Å². The monoisotopic (exact) mass is 182 g/mol. The molecular formula is C10H18N2O. The zero-order valence-corrected chi connectivity index (χ0v) is 8.39. The average Bonchev–Trinajstić information content (AvgIpc) is 2.02. The Morgan fingerprint density at radius 3 is 2.77 bits per heavy atom. The fourth-order valence-corrected chi connectivity index (χ4v) is 2.52. The largest absolute Gasteiger partial charge is 0.338 e.